The van der Waals surface area contributed by atoms with Crippen LogP contribution >= 0.6 is 0 Å². The number of hydrogen-bond acceptors (Lipinski definition) is 0. The second-order valence-corrected chi connectivity index (χ2v) is 8.02. The van der Waals surface area contributed by atoms with Crippen LogP contribution in [0.15, 0.2) is 18.2 Å². The summed E-state index contributed by atoms with van der Waals surface area (Å²) in [6.45, 7) is 0. The van der Waals surface area contributed by atoms with Gasteiger partial charge >= 0.3 is 131 Å². The SMILES string of the molecule is O.[Sn][c]1cccc(C2CCCCC2)c1C1CCCCC1. The summed E-state index contributed by atoms with van der Waals surface area (Å²) in [5, 5.41) is 0. The van der Waals surface area contributed by atoms with Gasteiger partial charge in [0.15, 0.2) is 0 Å². The van der Waals surface area contributed by atoms with Gasteiger partial charge in [-0.3, -0.25) is 0 Å². The van der Waals surface area contributed by atoms with Crippen LogP contribution in [-0.4, -0.2) is 28.0 Å². The van der Waals surface area contributed by atoms with E-state index in [0.29, 0.717) is 0 Å². The van der Waals surface area contributed by atoms with Crippen molar-refractivity contribution < 1.29 is 5.48 Å². The molecular weight excluding hydrogens is 351 g/mol. The second kappa shape index (κ2) is 7.84. The van der Waals surface area contributed by atoms with Gasteiger partial charge in [0.2, 0.25) is 0 Å². The van der Waals surface area contributed by atoms with Crippen molar-refractivity contribution in [3.8, 4) is 0 Å². The Kier molecular flexibility index (Phi) is 6.41. The predicted molar refractivity (Wildman–Crippen MR) is 87.1 cm³/mol. The Balaban J connectivity index is 0.00000147. The Labute approximate surface area is 136 Å². The molecule has 109 valence electrons. The van der Waals surface area contributed by atoms with Crippen molar-refractivity contribution in [1.29, 1.82) is 0 Å². The van der Waals surface area contributed by atoms with Gasteiger partial charge in [0.05, 0.1) is 0 Å². The molecule has 0 heterocycles. The van der Waals surface area contributed by atoms with Gasteiger partial charge in [0.1, 0.15) is 0 Å². The molecule has 0 saturated heterocycles. The quantitative estimate of drug-likeness (QED) is 0.703. The number of rotatable bonds is 2. The van der Waals surface area contributed by atoms with Crippen molar-refractivity contribution in [3.63, 3.8) is 0 Å². The van der Waals surface area contributed by atoms with Gasteiger partial charge in [0.25, 0.3) is 0 Å². The normalized spacial score (nSPS) is 21.4. The average molecular weight is 378 g/mol. The van der Waals surface area contributed by atoms with Crippen LogP contribution in [0, 0.1) is 0 Å². The van der Waals surface area contributed by atoms with Gasteiger partial charge in [-0.2, -0.15) is 0 Å². The van der Waals surface area contributed by atoms with E-state index in [1.165, 1.54) is 64.2 Å². The molecule has 0 aliphatic heterocycles. The minimum absolute atomic E-state index is 0. The van der Waals surface area contributed by atoms with E-state index in [-0.39, 0.29) is 5.48 Å². The average Bonchev–Trinajstić information content (AvgIpc) is 2.49. The summed E-state index contributed by atoms with van der Waals surface area (Å²) >= 11 is 1.62. The minimum atomic E-state index is 0. The zero-order valence-corrected chi connectivity index (χ0v) is 15.3. The van der Waals surface area contributed by atoms with Crippen molar-refractivity contribution in [2.45, 2.75) is 76.0 Å². The first-order chi connectivity index (χ1) is 9.36. The molecule has 2 heteroatoms. The Morgan fingerprint density at radius 3 is 1.90 bits per heavy atom. The van der Waals surface area contributed by atoms with Crippen LogP contribution in [-0.2, 0) is 0 Å². The van der Waals surface area contributed by atoms with Crippen molar-refractivity contribution in [1.82, 2.24) is 0 Å². The summed E-state index contributed by atoms with van der Waals surface area (Å²) in [5.41, 5.74) is 3.55. The molecule has 2 aliphatic carbocycles. The zero-order chi connectivity index (χ0) is 13.1. The molecule has 2 N–H and O–H groups in total. The van der Waals surface area contributed by atoms with Crippen LogP contribution in [0.5, 0.6) is 0 Å². The summed E-state index contributed by atoms with van der Waals surface area (Å²) in [5.74, 6) is 1.77. The molecule has 20 heavy (non-hydrogen) atoms. The van der Waals surface area contributed by atoms with E-state index in [4.69, 9.17) is 0 Å². The molecule has 1 aromatic rings. The molecule has 1 nitrogen and oxygen atoms in total. The summed E-state index contributed by atoms with van der Waals surface area (Å²) in [4.78, 5) is 0. The molecular formula is C18H27OSn. The van der Waals surface area contributed by atoms with Crippen molar-refractivity contribution in [3.05, 3.63) is 29.3 Å². The number of hydrogen-bond donors (Lipinski definition) is 0. The van der Waals surface area contributed by atoms with Crippen LogP contribution in [0.1, 0.15) is 87.2 Å². The van der Waals surface area contributed by atoms with Gasteiger partial charge in [-0.25, -0.2) is 0 Å². The summed E-state index contributed by atoms with van der Waals surface area (Å²) < 4.78 is 1.65. The zero-order valence-electron chi connectivity index (χ0n) is 12.5. The Bertz CT molecular complexity index is 417. The maximum absolute atomic E-state index is 2.47. The van der Waals surface area contributed by atoms with E-state index in [2.05, 4.69) is 18.2 Å². The van der Waals surface area contributed by atoms with Gasteiger partial charge in [-0.15, -0.1) is 0 Å². The van der Waals surface area contributed by atoms with E-state index in [0.717, 1.165) is 11.8 Å². The molecule has 3 rings (SSSR count). The molecule has 0 aromatic heterocycles. The topological polar surface area (TPSA) is 31.5 Å². The van der Waals surface area contributed by atoms with E-state index >= 15 is 0 Å². The Morgan fingerprint density at radius 2 is 1.30 bits per heavy atom. The first-order valence-corrected chi connectivity index (χ1v) is 9.63. The second-order valence-electron chi connectivity index (χ2n) is 6.48. The molecule has 0 bridgehead atoms. The molecule has 0 amide bonds. The first kappa shape index (κ1) is 16.4. The molecule has 3 radical (unpaired) electrons. The van der Waals surface area contributed by atoms with Crippen LogP contribution in [0.4, 0.5) is 0 Å². The van der Waals surface area contributed by atoms with Crippen molar-refractivity contribution in [2.75, 3.05) is 0 Å². The summed E-state index contributed by atoms with van der Waals surface area (Å²) in [6, 6.07) is 7.17. The summed E-state index contributed by atoms with van der Waals surface area (Å²) in [6.07, 6.45) is 14.5. The van der Waals surface area contributed by atoms with Crippen molar-refractivity contribution >= 4 is 26.1 Å². The first-order valence-electron chi connectivity index (χ1n) is 8.20. The molecule has 1 aromatic carbocycles. The third-order valence-corrected chi connectivity index (χ3v) is 6.44. The van der Waals surface area contributed by atoms with Crippen molar-refractivity contribution in [2.24, 2.45) is 0 Å². The van der Waals surface area contributed by atoms with Crippen LogP contribution in [0.2, 0.25) is 0 Å². The molecule has 0 atom stereocenters. The van der Waals surface area contributed by atoms with Crippen LogP contribution in [0.3, 0.4) is 0 Å². The molecule has 2 saturated carbocycles. The number of benzene rings is 1. The van der Waals surface area contributed by atoms with E-state index in [9.17, 15) is 0 Å². The predicted octanol–water partition coefficient (Wildman–Crippen LogP) is 3.75. The molecule has 0 unspecified atom stereocenters. The standard InChI is InChI=1S/C18H25.H2O.Sn/c1-3-9-15(10-4-1)17-13-7-8-14-18(17)16-11-5-2-6-12-16;;/h7-8,13,15-16H,1-6,9-12H2;1H2;. The van der Waals surface area contributed by atoms with E-state index in [1.807, 2.05) is 0 Å². The Hall–Kier alpha value is -0.0213. The van der Waals surface area contributed by atoms with E-state index in [1.54, 1.807) is 37.2 Å². The summed E-state index contributed by atoms with van der Waals surface area (Å²) in [7, 11) is 0. The fraction of sp³-hybridized carbons (Fsp3) is 0.667. The molecule has 2 fully saturated rings. The Morgan fingerprint density at radius 1 is 0.750 bits per heavy atom. The third kappa shape index (κ3) is 3.59. The molecule has 0 spiro atoms. The molecule has 2 aliphatic rings. The van der Waals surface area contributed by atoms with Gasteiger partial charge in [0, 0.05) is 0 Å². The van der Waals surface area contributed by atoms with E-state index < -0.39 is 0 Å². The fourth-order valence-electron chi connectivity index (χ4n) is 4.20. The van der Waals surface area contributed by atoms with Gasteiger partial charge in [-0.05, 0) is 0 Å². The van der Waals surface area contributed by atoms with Gasteiger partial charge in [-0.1, -0.05) is 0 Å². The third-order valence-electron chi connectivity index (χ3n) is 5.20. The maximum atomic E-state index is 2.47. The van der Waals surface area contributed by atoms with Crippen LogP contribution in [0.25, 0.3) is 0 Å². The van der Waals surface area contributed by atoms with Crippen LogP contribution < -0.4 is 3.58 Å². The fourth-order valence-corrected chi connectivity index (χ4v) is 5.47. The van der Waals surface area contributed by atoms with Gasteiger partial charge < -0.3 is 5.48 Å². The monoisotopic (exact) mass is 379 g/mol.